The SMILES string of the molecule is CCCc1ccc(OC(C)C(C)N)cc1. The van der Waals surface area contributed by atoms with Crippen LogP contribution < -0.4 is 10.5 Å². The third-order valence-electron chi connectivity index (χ3n) is 2.52. The minimum atomic E-state index is 0.0559. The van der Waals surface area contributed by atoms with Crippen molar-refractivity contribution in [2.75, 3.05) is 0 Å². The highest BCUT2D eigenvalue weighted by Gasteiger charge is 2.08. The first-order valence-electron chi connectivity index (χ1n) is 5.64. The topological polar surface area (TPSA) is 35.2 Å². The van der Waals surface area contributed by atoms with Gasteiger partial charge in [0, 0.05) is 6.04 Å². The van der Waals surface area contributed by atoms with Gasteiger partial charge in [-0.1, -0.05) is 25.5 Å². The third-order valence-corrected chi connectivity index (χ3v) is 2.52. The van der Waals surface area contributed by atoms with Crippen molar-refractivity contribution in [3.05, 3.63) is 29.8 Å². The van der Waals surface area contributed by atoms with Crippen LogP contribution in [-0.2, 0) is 6.42 Å². The van der Waals surface area contributed by atoms with Gasteiger partial charge in [0.15, 0.2) is 0 Å². The van der Waals surface area contributed by atoms with E-state index in [4.69, 9.17) is 10.5 Å². The first-order chi connectivity index (χ1) is 7.13. The molecule has 2 unspecified atom stereocenters. The Morgan fingerprint density at radius 2 is 1.80 bits per heavy atom. The van der Waals surface area contributed by atoms with Gasteiger partial charge in [-0.15, -0.1) is 0 Å². The summed E-state index contributed by atoms with van der Waals surface area (Å²) in [6.45, 7) is 6.13. The second kappa shape index (κ2) is 5.76. The fraction of sp³-hybridized carbons (Fsp3) is 0.538. The van der Waals surface area contributed by atoms with Gasteiger partial charge in [0.2, 0.25) is 0 Å². The number of ether oxygens (including phenoxy) is 1. The van der Waals surface area contributed by atoms with Gasteiger partial charge in [0.25, 0.3) is 0 Å². The van der Waals surface area contributed by atoms with Gasteiger partial charge in [-0.25, -0.2) is 0 Å². The molecule has 0 radical (unpaired) electrons. The summed E-state index contributed by atoms with van der Waals surface area (Å²) in [5.41, 5.74) is 7.10. The van der Waals surface area contributed by atoms with E-state index in [-0.39, 0.29) is 12.1 Å². The zero-order valence-electron chi connectivity index (χ0n) is 9.86. The molecule has 1 aromatic rings. The molecule has 2 atom stereocenters. The molecule has 0 aliphatic heterocycles. The van der Waals surface area contributed by atoms with E-state index in [1.807, 2.05) is 26.0 Å². The molecule has 2 nitrogen and oxygen atoms in total. The standard InChI is InChI=1S/C13H21NO/c1-4-5-12-6-8-13(9-7-12)15-11(3)10(2)14/h6-11H,4-5,14H2,1-3H3. The summed E-state index contributed by atoms with van der Waals surface area (Å²) in [5.74, 6) is 0.902. The first kappa shape index (κ1) is 12.1. The van der Waals surface area contributed by atoms with Crippen molar-refractivity contribution in [2.24, 2.45) is 5.73 Å². The summed E-state index contributed by atoms with van der Waals surface area (Å²) in [7, 11) is 0. The number of rotatable bonds is 5. The first-order valence-corrected chi connectivity index (χ1v) is 5.64. The molecule has 0 heterocycles. The monoisotopic (exact) mass is 207 g/mol. The molecule has 0 spiro atoms. The highest BCUT2D eigenvalue weighted by Crippen LogP contribution is 2.15. The Morgan fingerprint density at radius 3 is 2.27 bits per heavy atom. The summed E-state index contributed by atoms with van der Waals surface area (Å²) < 4.78 is 5.68. The fourth-order valence-corrected chi connectivity index (χ4v) is 1.35. The Kier molecular flexibility index (Phi) is 4.63. The van der Waals surface area contributed by atoms with Crippen molar-refractivity contribution in [3.63, 3.8) is 0 Å². The molecule has 0 aliphatic carbocycles. The van der Waals surface area contributed by atoms with Crippen LogP contribution >= 0.6 is 0 Å². The van der Waals surface area contributed by atoms with E-state index in [9.17, 15) is 0 Å². The molecule has 0 amide bonds. The van der Waals surface area contributed by atoms with Crippen molar-refractivity contribution in [1.29, 1.82) is 0 Å². The van der Waals surface area contributed by atoms with Gasteiger partial charge >= 0.3 is 0 Å². The summed E-state index contributed by atoms with van der Waals surface area (Å²) in [4.78, 5) is 0. The van der Waals surface area contributed by atoms with E-state index in [1.165, 1.54) is 12.0 Å². The maximum Gasteiger partial charge on any atom is 0.119 e. The van der Waals surface area contributed by atoms with Gasteiger partial charge in [0.05, 0.1) is 0 Å². The van der Waals surface area contributed by atoms with Gasteiger partial charge in [-0.3, -0.25) is 0 Å². The Balaban J connectivity index is 2.56. The van der Waals surface area contributed by atoms with Crippen LogP contribution in [0.25, 0.3) is 0 Å². The zero-order valence-corrected chi connectivity index (χ0v) is 9.86. The molecule has 0 aliphatic rings. The summed E-state index contributed by atoms with van der Waals surface area (Å²) in [5, 5.41) is 0. The molecule has 84 valence electrons. The van der Waals surface area contributed by atoms with Crippen LogP contribution in [0.4, 0.5) is 0 Å². The predicted octanol–water partition coefficient (Wildman–Crippen LogP) is 2.75. The normalized spacial score (nSPS) is 14.7. The van der Waals surface area contributed by atoms with Crippen LogP contribution in [0.1, 0.15) is 32.8 Å². The number of hydrogen-bond donors (Lipinski definition) is 1. The van der Waals surface area contributed by atoms with E-state index in [1.54, 1.807) is 0 Å². The molecule has 1 rings (SSSR count). The molecule has 0 saturated heterocycles. The molecule has 2 N–H and O–H groups in total. The molecule has 0 aromatic heterocycles. The minimum Gasteiger partial charge on any atom is -0.489 e. The van der Waals surface area contributed by atoms with E-state index >= 15 is 0 Å². The average Bonchev–Trinajstić information content (AvgIpc) is 2.21. The third kappa shape index (κ3) is 3.92. The average molecular weight is 207 g/mol. The smallest absolute Gasteiger partial charge is 0.119 e. The molecular formula is C13H21NO. The summed E-state index contributed by atoms with van der Waals surface area (Å²) >= 11 is 0. The minimum absolute atomic E-state index is 0.0559. The molecule has 1 aromatic carbocycles. The zero-order chi connectivity index (χ0) is 11.3. The molecule has 0 saturated carbocycles. The van der Waals surface area contributed by atoms with E-state index in [2.05, 4.69) is 19.1 Å². The van der Waals surface area contributed by atoms with Crippen LogP contribution in [0.15, 0.2) is 24.3 Å². The number of hydrogen-bond acceptors (Lipinski definition) is 2. The summed E-state index contributed by atoms with van der Waals surface area (Å²) in [6, 6.07) is 8.33. The lowest BCUT2D eigenvalue weighted by molar-refractivity contribution is 0.196. The van der Waals surface area contributed by atoms with Gasteiger partial charge in [0.1, 0.15) is 11.9 Å². The van der Waals surface area contributed by atoms with E-state index < -0.39 is 0 Å². The van der Waals surface area contributed by atoms with Crippen LogP contribution in [0, 0.1) is 0 Å². The van der Waals surface area contributed by atoms with Crippen molar-refractivity contribution in [3.8, 4) is 5.75 Å². The second-order valence-electron chi connectivity index (χ2n) is 4.08. The second-order valence-corrected chi connectivity index (χ2v) is 4.08. The van der Waals surface area contributed by atoms with Crippen LogP contribution in [0.5, 0.6) is 5.75 Å². The largest absolute Gasteiger partial charge is 0.489 e. The van der Waals surface area contributed by atoms with Gasteiger partial charge < -0.3 is 10.5 Å². The van der Waals surface area contributed by atoms with Gasteiger partial charge in [-0.2, -0.15) is 0 Å². The highest BCUT2D eigenvalue weighted by molar-refractivity contribution is 5.27. The lowest BCUT2D eigenvalue weighted by Gasteiger charge is -2.18. The Labute approximate surface area is 92.4 Å². The molecule has 15 heavy (non-hydrogen) atoms. The van der Waals surface area contributed by atoms with Crippen molar-refractivity contribution in [1.82, 2.24) is 0 Å². The van der Waals surface area contributed by atoms with Crippen LogP contribution in [0.3, 0.4) is 0 Å². The molecule has 2 heteroatoms. The molecular weight excluding hydrogens is 186 g/mol. The van der Waals surface area contributed by atoms with E-state index in [0.717, 1.165) is 12.2 Å². The Bertz CT molecular complexity index is 279. The lowest BCUT2D eigenvalue weighted by Crippen LogP contribution is -2.33. The fourth-order valence-electron chi connectivity index (χ4n) is 1.35. The van der Waals surface area contributed by atoms with Crippen molar-refractivity contribution in [2.45, 2.75) is 45.8 Å². The predicted molar refractivity (Wildman–Crippen MR) is 64.2 cm³/mol. The maximum absolute atomic E-state index is 5.74. The van der Waals surface area contributed by atoms with Gasteiger partial charge in [-0.05, 0) is 38.0 Å². The maximum atomic E-state index is 5.74. The van der Waals surface area contributed by atoms with E-state index in [0.29, 0.717) is 0 Å². The Hall–Kier alpha value is -1.02. The molecule has 0 bridgehead atoms. The quantitative estimate of drug-likeness (QED) is 0.805. The summed E-state index contributed by atoms with van der Waals surface area (Å²) in [6.07, 6.45) is 2.36. The lowest BCUT2D eigenvalue weighted by atomic mass is 10.1. The van der Waals surface area contributed by atoms with Crippen molar-refractivity contribution < 1.29 is 4.74 Å². The van der Waals surface area contributed by atoms with Crippen molar-refractivity contribution >= 4 is 0 Å². The highest BCUT2D eigenvalue weighted by atomic mass is 16.5. The van der Waals surface area contributed by atoms with Crippen LogP contribution in [0.2, 0.25) is 0 Å². The number of nitrogens with two attached hydrogens (primary N) is 1. The van der Waals surface area contributed by atoms with Crippen LogP contribution in [-0.4, -0.2) is 12.1 Å². The molecule has 0 fully saturated rings. The number of benzene rings is 1. The number of aryl methyl sites for hydroxylation is 1. The Morgan fingerprint density at radius 1 is 1.20 bits per heavy atom.